The van der Waals surface area contributed by atoms with Gasteiger partial charge in [0.25, 0.3) is 0 Å². The molecule has 0 unspecified atom stereocenters. The largest absolute Gasteiger partial charge is 0.506 e. The lowest BCUT2D eigenvalue weighted by molar-refractivity contribution is 0.158. The standard InChI is InChI=1S/C15H20I2N2O.2ClH/c16-11-8-12(15(20)13(17)9-11)14(7-10-1-2-10)19-5-3-18-4-6-19;;/h8-10,14,18,20H,1-7H2;2*1H/t14-;;/m1../s1. The summed E-state index contributed by atoms with van der Waals surface area (Å²) in [6.45, 7) is 4.28. The highest BCUT2D eigenvalue weighted by molar-refractivity contribution is 14.1. The minimum Gasteiger partial charge on any atom is -0.506 e. The van der Waals surface area contributed by atoms with Crippen molar-refractivity contribution in [2.24, 2.45) is 5.92 Å². The van der Waals surface area contributed by atoms with Crippen LogP contribution >= 0.6 is 70.0 Å². The van der Waals surface area contributed by atoms with Crippen molar-refractivity contribution in [2.75, 3.05) is 26.2 Å². The maximum absolute atomic E-state index is 10.5. The van der Waals surface area contributed by atoms with E-state index in [9.17, 15) is 5.11 Å². The van der Waals surface area contributed by atoms with Crippen LogP contribution in [0.5, 0.6) is 5.75 Å². The zero-order valence-corrected chi connectivity index (χ0v) is 18.2. The van der Waals surface area contributed by atoms with Crippen molar-refractivity contribution in [3.8, 4) is 5.75 Å². The first-order chi connectivity index (χ1) is 9.65. The molecule has 126 valence electrons. The maximum atomic E-state index is 10.5. The molecule has 0 amide bonds. The summed E-state index contributed by atoms with van der Waals surface area (Å²) in [5, 5.41) is 13.9. The van der Waals surface area contributed by atoms with Gasteiger partial charge < -0.3 is 10.4 Å². The highest BCUT2D eigenvalue weighted by Crippen LogP contribution is 2.43. The number of phenolic OH excluding ortho intramolecular Hbond substituents is 1. The molecule has 7 heteroatoms. The van der Waals surface area contributed by atoms with Gasteiger partial charge in [-0.25, -0.2) is 0 Å². The van der Waals surface area contributed by atoms with Crippen LogP contribution in [0.1, 0.15) is 30.9 Å². The van der Waals surface area contributed by atoms with Crippen LogP contribution in [0.25, 0.3) is 0 Å². The van der Waals surface area contributed by atoms with E-state index in [4.69, 9.17) is 0 Å². The highest BCUT2D eigenvalue weighted by Gasteiger charge is 2.32. The third kappa shape index (κ3) is 5.24. The van der Waals surface area contributed by atoms with E-state index in [0.29, 0.717) is 11.8 Å². The molecule has 3 nitrogen and oxygen atoms in total. The van der Waals surface area contributed by atoms with E-state index < -0.39 is 0 Å². The van der Waals surface area contributed by atoms with E-state index >= 15 is 0 Å². The Labute approximate surface area is 172 Å². The maximum Gasteiger partial charge on any atom is 0.133 e. The van der Waals surface area contributed by atoms with Crippen molar-refractivity contribution in [2.45, 2.75) is 25.3 Å². The Kier molecular flexibility index (Phi) is 9.04. The second-order valence-electron chi connectivity index (χ2n) is 5.81. The normalized spacial score (nSPS) is 19.9. The number of hydrogen-bond acceptors (Lipinski definition) is 3. The number of benzene rings is 1. The quantitative estimate of drug-likeness (QED) is 0.533. The van der Waals surface area contributed by atoms with Crippen LogP contribution in [0.2, 0.25) is 0 Å². The van der Waals surface area contributed by atoms with Gasteiger partial charge in [-0.3, -0.25) is 4.90 Å². The molecule has 0 radical (unpaired) electrons. The van der Waals surface area contributed by atoms with Gasteiger partial charge in [0.15, 0.2) is 0 Å². The lowest BCUT2D eigenvalue weighted by atomic mass is 9.98. The molecule has 0 bridgehead atoms. The minimum absolute atomic E-state index is 0. The van der Waals surface area contributed by atoms with Crippen LogP contribution in [0.3, 0.4) is 0 Å². The summed E-state index contributed by atoms with van der Waals surface area (Å²) in [4.78, 5) is 2.55. The molecule has 2 fully saturated rings. The molecular formula is C15H22Cl2I2N2O. The van der Waals surface area contributed by atoms with Gasteiger partial charge in [-0.1, -0.05) is 12.8 Å². The Morgan fingerprint density at radius 3 is 2.41 bits per heavy atom. The Hall–Kier alpha value is 0.980. The van der Waals surface area contributed by atoms with Gasteiger partial charge in [0.05, 0.1) is 3.57 Å². The molecule has 22 heavy (non-hydrogen) atoms. The molecule has 1 heterocycles. The lowest BCUT2D eigenvalue weighted by Gasteiger charge is -2.36. The molecule has 0 aromatic heterocycles. The monoisotopic (exact) mass is 570 g/mol. The Morgan fingerprint density at radius 1 is 1.18 bits per heavy atom. The van der Waals surface area contributed by atoms with Crippen LogP contribution in [0.4, 0.5) is 0 Å². The average Bonchev–Trinajstić information content (AvgIpc) is 3.25. The predicted octanol–water partition coefficient (Wildman–Crippen LogP) is 4.19. The topological polar surface area (TPSA) is 35.5 Å². The van der Waals surface area contributed by atoms with Gasteiger partial charge in [0.2, 0.25) is 0 Å². The van der Waals surface area contributed by atoms with Crippen LogP contribution in [-0.4, -0.2) is 36.2 Å². The second kappa shape index (κ2) is 9.46. The van der Waals surface area contributed by atoms with Crippen LogP contribution < -0.4 is 5.32 Å². The zero-order valence-electron chi connectivity index (χ0n) is 12.2. The predicted molar refractivity (Wildman–Crippen MR) is 113 cm³/mol. The Morgan fingerprint density at radius 2 is 1.82 bits per heavy atom. The van der Waals surface area contributed by atoms with E-state index in [-0.39, 0.29) is 24.8 Å². The first-order valence-corrected chi connectivity index (χ1v) is 9.43. The summed E-state index contributed by atoms with van der Waals surface area (Å²) in [6, 6.07) is 4.60. The molecule has 1 saturated carbocycles. The van der Waals surface area contributed by atoms with Gasteiger partial charge >= 0.3 is 0 Å². The molecule has 2 aliphatic rings. The third-order valence-electron chi connectivity index (χ3n) is 4.26. The van der Waals surface area contributed by atoms with E-state index in [0.717, 1.165) is 41.2 Å². The fourth-order valence-electron chi connectivity index (χ4n) is 2.98. The molecule has 1 atom stereocenters. The van der Waals surface area contributed by atoms with Gasteiger partial charge in [0, 0.05) is 41.4 Å². The lowest BCUT2D eigenvalue weighted by Crippen LogP contribution is -2.45. The molecule has 2 N–H and O–H groups in total. The van der Waals surface area contributed by atoms with Gasteiger partial charge in [-0.05, 0) is 69.7 Å². The molecule has 3 rings (SSSR count). The molecule has 1 aliphatic heterocycles. The zero-order chi connectivity index (χ0) is 14.1. The number of hydrogen-bond donors (Lipinski definition) is 2. The molecular weight excluding hydrogens is 549 g/mol. The number of halogens is 4. The number of nitrogens with zero attached hydrogens (tertiary/aromatic N) is 1. The van der Waals surface area contributed by atoms with Crippen molar-refractivity contribution in [1.82, 2.24) is 10.2 Å². The fraction of sp³-hybridized carbons (Fsp3) is 0.600. The Balaban J connectivity index is 0.00000121. The van der Waals surface area contributed by atoms with Crippen molar-refractivity contribution in [3.05, 3.63) is 24.8 Å². The van der Waals surface area contributed by atoms with Crippen molar-refractivity contribution >= 4 is 70.0 Å². The highest BCUT2D eigenvalue weighted by atomic mass is 127. The summed E-state index contributed by atoms with van der Waals surface area (Å²) < 4.78 is 2.19. The molecule has 1 aromatic rings. The summed E-state index contributed by atoms with van der Waals surface area (Å²) in [5.74, 6) is 1.36. The van der Waals surface area contributed by atoms with Crippen molar-refractivity contribution in [3.63, 3.8) is 0 Å². The first-order valence-electron chi connectivity index (χ1n) is 7.28. The van der Waals surface area contributed by atoms with E-state index in [1.54, 1.807) is 0 Å². The van der Waals surface area contributed by atoms with E-state index in [1.165, 1.54) is 22.8 Å². The van der Waals surface area contributed by atoms with Crippen molar-refractivity contribution < 1.29 is 5.11 Å². The van der Waals surface area contributed by atoms with E-state index in [1.807, 2.05) is 6.07 Å². The summed E-state index contributed by atoms with van der Waals surface area (Å²) >= 11 is 4.60. The summed E-state index contributed by atoms with van der Waals surface area (Å²) in [6.07, 6.45) is 3.93. The van der Waals surface area contributed by atoms with Crippen molar-refractivity contribution in [1.29, 1.82) is 0 Å². The number of piperazine rings is 1. The molecule has 1 aromatic carbocycles. The van der Waals surface area contributed by atoms with Gasteiger partial charge in [-0.15, -0.1) is 24.8 Å². The van der Waals surface area contributed by atoms with Crippen LogP contribution in [0.15, 0.2) is 12.1 Å². The fourth-order valence-corrected chi connectivity index (χ4v) is 4.87. The number of phenols is 1. The number of nitrogens with one attached hydrogen (secondary N) is 1. The summed E-state index contributed by atoms with van der Waals surface area (Å²) in [7, 11) is 0. The van der Waals surface area contributed by atoms with Crippen LogP contribution in [-0.2, 0) is 0 Å². The average molecular weight is 571 g/mol. The van der Waals surface area contributed by atoms with E-state index in [2.05, 4.69) is 61.5 Å². The van der Waals surface area contributed by atoms with Gasteiger partial charge in [0.1, 0.15) is 5.75 Å². The molecule has 0 spiro atoms. The SMILES string of the molecule is Cl.Cl.Oc1c(I)cc(I)cc1[C@@H](CC1CC1)N1CCNCC1. The third-order valence-corrected chi connectivity index (χ3v) is 5.71. The second-order valence-corrected chi connectivity index (χ2v) is 8.21. The minimum atomic E-state index is 0. The molecule has 1 saturated heterocycles. The molecule has 1 aliphatic carbocycles. The Bertz CT molecular complexity index is 495. The smallest absolute Gasteiger partial charge is 0.133 e. The number of rotatable bonds is 4. The summed E-state index contributed by atoms with van der Waals surface area (Å²) in [5.41, 5.74) is 1.13. The van der Waals surface area contributed by atoms with Gasteiger partial charge in [-0.2, -0.15) is 0 Å². The van der Waals surface area contributed by atoms with Crippen LogP contribution in [0, 0.1) is 13.1 Å². The first kappa shape index (κ1) is 21.0. The number of aromatic hydroxyl groups is 1.